The highest BCUT2D eigenvalue weighted by Crippen LogP contribution is 2.22. The van der Waals surface area contributed by atoms with E-state index >= 15 is 0 Å². The Bertz CT molecular complexity index is 284. The van der Waals surface area contributed by atoms with Crippen molar-refractivity contribution in [2.24, 2.45) is 0 Å². The predicted molar refractivity (Wildman–Crippen MR) is 67.0 cm³/mol. The molecule has 0 unspecified atom stereocenters. The first-order chi connectivity index (χ1) is 6.74. The van der Waals surface area contributed by atoms with Crippen molar-refractivity contribution in [1.29, 1.82) is 0 Å². The summed E-state index contributed by atoms with van der Waals surface area (Å²) in [5.74, 6) is 0. The zero-order valence-electron chi connectivity index (χ0n) is 8.52. The molecule has 0 saturated heterocycles. The van der Waals surface area contributed by atoms with Crippen LogP contribution in [-0.2, 0) is 6.42 Å². The average Bonchev–Trinajstić information content (AvgIpc) is 2.18. The largest absolute Gasteiger partial charge is 0.0843 e. The van der Waals surface area contributed by atoms with Crippen LogP contribution in [0.5, 0.6) is 0 Å². The second kappa shape index (κ2) is 6.47. The van der Waals surface area contributed by atoms with Crippen LogP contribution in [0.4, 0.5) is 0 Å². The molecule has 1 rings (SSSR count). The Kier molecular flexibility index (Phi) is 5.57. The third-order valence-corrected chi connectivity index (χ3v) is 3.32. The summed E-state index contributed by atoms with van der Waals surface area (Å²) in [6.45, 7) is 2.23. The zero-order valence-corrected chi connectivity index (χ0v) is 10.9. The van der Waals surface area contributed by atoms with Crippen LogP contribution in [0.2, 0.25) is 5.02 Å². The first kappa shape index (κ1) is 12.1. The van der Waals surface area contributed by atoms with Crippen LogP contribution in [0.1, 0.15) is 38.2 Å². The fraction of sp³-hybridized carbons (Fsp3) is 0.500. The molecule has 0 saturated carbocycles. The van der Waals surface area contributed by atoms with Crippen molar-refractivity contribution in [2.75, 3.05) is 0 Å². The molecule has 14 heavy (non-hydrogen) atoms. The molecule has 0 bridgehead atoms. The van der Waals surface area contributed by atoms with Crippen molar-refractivity contribution in [3.05, 3.63) is 33.3 Å². The Hall–Kier alpha value is -0.0100. The van der Waals surface area contributed by atoms with Crippen LogP contribution in [-0.4, -0.2) is 0 Å². The highest BCUT2D eigenvalue weighted by molar-refractivity contribution is 9.10. The van der Waals surface area contributed by atoms with Crippen LogP contribution in [0, 0.1) is 0 Å². The number of benzene rings is 1. The number of aryl methyl sites for hydroxylation is 1. The molecule has 0 spiro atoms. The molecule has 0 aliphatic rings. The smallest absolute Gasteiger partial charge is 0.0409 e. The highest BCUT2D eigenvalue weighted by Gasteiger charge is 2.00. The summed E-state index contributed by atoms with van der Waals surface area (Å²) in [7, 11) is 0. The molecule has 0 amide bonds. The van der Waals surface area contributed by atoms with Gasteiger partial charge >= 0.3 is 0 Å². The van der Waals surface area contributed by atoms with E-state index < -0.39 is 0 Å². The van der Waals surface area contributed by atoms with Crippen molar-refractivity contribution in [1.82, 2.24) is 0 Å². The molecule has 1 aromatic carbocycles. The van der Waals surface area contributed by atoms with E-state index in [0.717, 1.165) is 11.4 Å². The van der Waals surface area contributed by atoms with Gasteiger partial charge in [-0.1, -0.05) is 53.7 Å². The Morgan fingerprint density at radius 2 is 2.00 bits per heavy atom. The number of rotatable bonds is 5. The van der Waals surface area contributed by atoms with E-state index in [1.807, 2.05) is 12.1 Å². The SMILES string of the molecule is CCCCCCc1cc(Cl)ccc1Br. The number of halogens is 2. The van der Waals surface area contributed by atoms with Crippen LogP contribution in [0.15, 0.2) is 22.7 Å². The normalized spacial score (nSPS) is 10.5. The van der Waals surface area contributed by atoms with E-state index in [4.69, 9.17) is 11.6 Å². The van der Waals surface area contributed by atoms with E-state index in [1.165, 1.54) is 35.7 Å². The molecule has 0 nitrogen and oxygen atoms in total. The molecule has 0 N–H and O–H groups in total. The molecule has 78 valence electrons. The maximum absolute atomic E-state index is 5.94. The fourth-order valence-electron chi connectivity index (χ4n) is 1.48. The van der Waals surface area contributed by atoms with Gasteiger partial charge < -0.3 is 0 Å². The molecule has 1 aromatic rings. The molecule has 0 aliphatic heterocycles. The second-order valence-corrected chi connectivity index (χ2v) is 4.84. The quantitative estimate of drug-likeness (QED) is 0.646. The first-order valence-electron chi connectivity index (χ1n) is 5.18. The zero-order chi connectivity index (χ0) is 10.4. The van der Waals surface area contributed by atoms with Gasteiger partial charge in [0.1, 0.15) is 0 Å². The monoisotopic (exact) mass is 274 g/mol. The third kappa shape index (κ3) is 4.02. The minimum atomic E-state index is 0.832. The highest BCUT2D eigenvalue weighted by atomic mass is 79.9. The Balaban J connectivity index is 2.45. The summed E-state index contributed by atoms with van der Waals surface area (Å²) in [5.41, 5.74) is 1.33. The van der Waals surface area contributed by atoms with E-state index in [1.54, 1.807) is 0 Å². The van der Waals surface area contributed by atoms with E-state index in [2.05, 4.69) is 28.9 Å². The molecule has 0 radical (unpaired) electrons. The number of hydrogen-bond acceptors (Lipinski definition) is 0. The number of hydrogen-bond donors (Lipinski definition) is 0. The lowest BCUT2D eigenvalue weighted by molar-refractivity contribution is 0.666. The summed E-state index contributed by atoms with van der Waals surface area (Å²) in [6, 6.07) is 6.00. The lowest BCUT2D eigenvalue weighted by Gasteiger charge is -2.04. The van der Waals surface area contributed by atoms with E-state index in [9.17, 15) is 0 Å². The summed E-state index contributed by atoms with van der Waals surface area (Å²) in [5, 5.41) is 0.832. The van der Waals surface area contributed by atoms with Crippen LogP contribution in [0.25, 0.3) is 0 Å². The summed E-state index contributed by atoms with van der Waals surface area (Å²) >= 11 is 9.48. The lowest BCUT2D eigenvalue weighted by Crippen LogP contribution is -1.87. The van der Waals surface area contributed by atoms with Gasteiger partial charge in [-0.15, -0.1) is 0 Å². The van der Waals surface area contributed by atoms with Crippen molar-refractivity contribution < 1.29 is 0 Å². The molecule has 0 atom stereocenters. The Labute approximate surface area is 99.8 Å². The van der Waals surface area contributed by atoms with Gasteiger partial charge in [0.25, 0.3) is 0 Å². The molecule has 0 heterocycles. The standard InChI is InChI=1S/C12H16BrCl/c1-2-3-4-5-6-10-9-11(14)7-8-12(10)13/h7-9H,2-6H2,1H3. The predicted octanol–water partition coefficient (Wildman–Crippen LogP) is 5.23. The van der Waals surface area contributed by atoms with Crippen molar-refractivity contribution in [2.45, 2.75) is 39.0 Å². The fourth-order valence-corrected chi connectivity index (χ4v) is 2.12. The van der Waals surface area contributed by atoms with Crippen LogP contribution < -0.4 is 0 Å². The molecular weight excluding hydrogens is 259 g/mol. The average molecular weight is 276 g/mol. The van der Waals surface area contributed by atoms with Gasteiger partial charge in [0, 0.05) is 9.50 Å². The van der Waals surface area contributed by atoms with Gasteiger partial charge in [0.15, 0.2) is 0 Å². The van der Waals surface area contributed by atoms with Gasteiger partial charge in [0.05, 0.1) is 0 Å². The van der Waals surface area contributed by atoms with Gasteiger partial charge in [-0.3, -0.25) is 0 Å². The second-order valence-electron chi connectivity index (χ2n) is 3.55. The molecule has 2 heteroatoms. The minimum Gasteiger partial charge on any atom is -0.0843 e. The third-order valence-electron chi connectivity index (χ3n) is 2.31. The van der Waals surface area contributed by atoms with Gasteiger partial charge in [-0.25, -0.2) is 0 Å². The summed E-state index contributed by atoms with van der Waals surface area (Å²) < 4.78 is 1.18. The topological polar surface area (TPSA) is 0 Å². The Morgan fingerprint density at radius 3 is 2.71 bits per heavy atom. The minimum absolute atomic E-state index is 0.832. The van der Waals surface area contributed by atoms with Crippen LogP contribution >= 0.6 is 27.5 Å². The van der Waals surface area contributed by atoms with Crippen molar-refractivity contribution in [3.63, 3.8) is 0 Å². The molecule has 0 aromatic heterocycles. The van der Waals surface area contributed by atoms with E-state index in [-0.39, 0.29) is 0 Å². The van der Waals surface area contributed by atoms with Gasteiger partial charge in [0.2, 0.25) is 0 Å². The maximum Gasteiger partial charge on any atom is 0.0409 e. The van der Waals surface area contributed by atoms with Gasteiger partial charge in [-0.05, 0) is 36.6 Å². The summed E-state index contributed by atoms with van der Waals surface area (Å²) in [6.07, 6.45) is 6.32. The molecular formula is C12H16BrCl. The van der Waals surface area contributed by atoms with Crippen LogP contribution in [0.3, 0.4) is 0 Å². The molecule has 0 fully saturated rings. The number of unbranched alkanes of at least 4 members (excludes halogenated alkanes) is 3. The Morgan fingerprint density at radius 1 is 1.21 bits per heavy atom. The first-order valence-corrected chi connectivity index (χ1v) is 6.35. The summed E-state index contributed by atoms with van der Waals surface area (Å²) in [4.78, 5) is 0. The lowest BCUT2D eigenvalue weighted by atomic mass is 10.1. The molecule has 0 aliphatic carbocycles. The van der Waals surface area contributed by atoms with E-state index in [0.29, 0.717) is 0 Å². The van der Waals surface area contributed by atoms with Crippen molar-refractivity contribution >= 4 is 27.5 Å². The maximum atomic E-state index is 5.94. The van der Waals surface area contributed by atoms with Crippen molar-refractivity contribution in [3.8, 4) is 0 Å². The van der Waals surface area contributed by atoms with Gasteiger partial charge in [-0.2, -0.15) is 0 Å².